The van der Waals surface area contributed by atoms with Crippen LogP contribution in [-0.2, 0) is 4.74 Å². The van der Waals surface area contributed by atoms with Crippen LogP contribution < -0.4 is 15.0 Å². The van der Waals surface area contributed by atoms with Gasteiger partial charge in [0.1, 0.15) is 5.60 Å². The molecule has 0 saturated carbocycles. The van der Waals surface area contributed by atoms with Crippen LogP contribution >= 0.6 is 0 Å². The predicted molar refractivity (Wildman–Crippen MR) is 93.7 cm³/mol. The van der Waals surface area contributed by atoms with Crippen LogP contribution in [-0.4, -0.2) is 71.4 Å². The lowest BCUT2D eigenvalue weighted by Gasteiger charge is -2.35. The Hall–Kier alpha value is -2.76. The molecule has 1 N–H and O–H groups in total. The van der Waals surface area contributed by atoms with Gasteiger partial charge in [0.15, 0.2) is 0 Å². The Morgan fingerprint density at radius 3 is 2.48 bits per heavy atom. The zero-order chi connectivity index (χ0) is 18.4. The van der Waals surface area contributed by atoms with Crippen LogP contribution in [0.1, 0.15) is 20.8 Å². The molecule has 2 heterocycles. The first kappa shape index (κ1) is 18.6. The maximum Gasteiger partial charge on any atom is 0.410 e. The molecule has 1 aromatic heterocycles. The van der Waals surface area contributed by atoms with Gasteiger partial charge in [-0.2, -0.15) is 15.0 Å². The van der Waals surface area contributed by atoms with Crippen molar-refractivity contribution in [2.45, 2.75) is 26.4 Å². The summed E-state index contributed by atoms with van der Waals surface area (Å²) in [7, 11) is 1.49. The maximum atomic E-state index is 12.1. The quantitative estimate of drug-likeness (QED) is 0.805. The van der Waals surface area contributed by atoms with Crippen molar-refractivity contribution in [3.8, 4) is 18.4 Å². The van der Waals surface area contributed by atoms with Gasteiger partial charge in [-0.25, -0.2) is 4.79 Å². The summed E-state index contributed by atoms with van der Waals surface area (Å²) >= 11 is 0. The van der Waals surface area contributed by atoms with Gasteiger partial charge in [-0.05, 0) is 20.8 Å². The number of nitrogens with zero attached hydrogens (tertiary/aromatic N) is 5. The van der Waals surface area contributed by atoms with E-state index in [0.717, 1.165) is 0 Å². The zero-order valence-corrected chi connectivity index (χ0v) is 15.1. The number of methoxy groups -OCH3 is 1. The average molecular weight is 348 g/mol. The Morgan fingerprint density at radius 1 is 1.24 bits per heavy atom. The molecule has 0 aliphatic carbocycles. The first-order valence-electron chi connectivity index (χ1n) is 8.02. The number of hydrogen-bond donors (Lipinski definition) is 1. The summed E-state index contributed by atoms with van der Waals surface area (Å²) < 4.78 is 10.5. The number of ether oxygens (including phenoxy) is 2. The monoisotopic (exact) mass is 348 g/mol. The van der Waals surface area contributed by atoms with Gasteiger partial charge < -0.3 is 24.6 Å². The number of anilines is 2. The predicted octanol–water partition coefficient (Wildman–Crippen LogP) is 0.982. The van der Waals surface area contributed by atoms with Crippen LogP contribution in [0.15, 0.2) is 0 Å². The Balaban J connectivity index is 2.02. The van der Waals surface area contributed by atoms with Crippen molar-refractivity contribution < 1.29 is 14.3 Å². The van der Waals surface area contributed by atoms with Crippen molar-refractivity contribution in [1.29, 1.82) is 0 Å². The van der Waals surface area contributed by atoms with E-state index in [1.165, 1.54) is 7.11 Å². The highest BCUT2D eigenvalue weighted by molar-refractivity contribution is 5.68. The molecule has 136 valence electrons. The number of hydrogen-bond acceptors (Lipinski definition) is 8. The van der Waals surface area contributed by atoms with E-state index in [1.807, 2.05) is 25.7 Å². The van der Waals surface area contributed by atoms with E-state index >= 15 is 0 Å². The molecule has 25 heavy (non-hydrogen) atoms. The van der Waals surface area contributed by atoms with Gasteiger partial charge in [0, 0.05) is 26.2 Å². The van der Waals surface area contributed by atoms with E-state index in [1.54, 1.807) is 4.90 Å². The molecule has 0 bridgehead atoms. The molecule has 0 unspecified atom stereocenters. The van der Waals surface area contributed by atoms with Crippen LogP contribution in [0.25, 0.3) is 0 Å². The second-order valence-electron chi connectivity index (χ2n) is 6.46. The summed E-state index contributed by atoms with van der Waals surface area (Å²) in [6.07, 6.45) is 4.93. The molecule has 9 nitrogen and oxygen atoms in total. The minimum atomic E-state index is -0.507. The maximum absolute atomic E-state index is 12.1. The minimum absolute atomic E-state index is 0.207. The standard InChI is InChI=1S/C16H24N6O3/c1-6-7-17-12-18-13(20-14(19-12)24-5)21-8-10-22(11-9-21)15(23)25-16(2,3)4/h1H,7-11H2,2-5H3,(H,17,18,19,20). The Labute approximate surface area is 147 Å². The lowest BCUT2D eigenvalue weighted by Crippen LogP contribution is -2.50. The minimum Gasteiger partial charge on any atom is -0.467 e. The highest BCUT2D eigenvalue weighted by atomic mass is 16.6. The molecule has 1 amide bonds. The van der Waals surface area contributed by atoms with Crippen molar-refractivity contribution in [1.82, 2.24) is 19.9 Å². The fourth-order valence-corrected chi connectivity index (χ4v) is 2.20. The fourth-order valence-electron chi connectivity index (χ4n) is 2.20. The molecule has 0 spiro atoms. The molecule has 0 aromatic carbocycles. The topological polar surface area (TPSA) is 92.7 Å². The first-order chi connectivity index (χ1) is 11.8. The number of terminal acetylenes is 1. The smallest absolute Gasteiger partial charge is 0.410 e. The molecule has 1 aliphatic rings. The largest absolute Gasteiger partial charge is 0.467 e. The SMILES string of the molecule is C#CCNc1nc(OC)nc(N2CCN(C(=O)OC(C)(C)C)CC2)n1. The highest BCUT2D eigenvalue weighted by Crippen LogP contribution is 2.18. The van der Waals surface area contributed by atoms with Crippen LogP contribution in [0, 0.1) is 12.3 Å². The molecule has 2 rings (SSSR count). The third-order valence-corrected chi connectivity index (χ3v) is 3.35. The Kier molecular flexibility index (Phi) is 5.85. The molecule has 9 heteroatoms. The average Bonchev–Trinajstić information content (AvgIpc) is 2.58. The van der Waals surface area contributed by atoms with Gasteiger partial charge in [-0.1, -0.05) is 5.92 Å². The molecule has 1 fully saturated rings. The molecule has 0 radical (unpaired) electrons. The van der Waals surface area contributed by atoms with E-state index in [2.05, 4.69) is 26.2 Å². The van der Waals surface area contributed by atoms with Crippen molar-refractivity contribution in [3.05, 3.63) is 0 Å². The van der Waals surface area contributed by atoms with E-state index in [0.29, 0.717) is 44.6 Å². The molecule has 1 aliphatic heterocycles. The lowest BCUT2D eigenvalue weighted by molar-refractivity contribution is 0.0240. The number of carbonyl (C=O) groups excluding carboxylic acids is 1. The van der Waals surface area contributed by atoms with E-state index in [9.17, 15) is 4.79 Å². The summed E-state index contributed by atoms with van der Waals surface area (Å²) in [5.41, 5.74) is -0.507. The van der Waals surface area contributed by atoms with Gasteiger partial charge in [0.25, 0.3) is 0 Å². The summed E-state index contributed by atoms with van der Waals surface area (Å²) in [4.78, 5) is 28.5. The van der Waals surface area contributed by atoms with Gasteiger partial charge in [-0.3, -0.25) is 0 Å². The van der Waals surface area contributed by atoms with Gasteiger partial charge >= 0.3 is 12.1 Å². The number of piperazine rings is 1. The van der Waals surface area contributed by atoms with E-state index in [4.69, 9.17) is 15.9 Å². The first-order valence-corrected chi connectivity index (χ1v) is 8.02. The fraction of sp³-hybridized carbons (Fsp3) is 0.625. The summed E-state index contributed by atoms with van der Waals surface area (Å²) in [5.74, 6) is 3.30. The third kappa shape index (κ3) is 5.38. The molecule has 1 saturated heterocycles. The number of carbonyl (C=O) groups is 1. The van der Waals surface area contributed by atoms with Crippen molar-refractivity contribution >= 4 is 18.0 Å². The second kappa shape index (κ2) is 7.88. The number of nitrogens with one attached hydrogen (secondary N) is 1. The third-order valence-electron chi connectivity index (χ3n) is 3.35. The number of aromatic nitrogens is 3. The zero-order valence-electron chi connectivity index (χ0n) is 15.1. The van der Waals surface area contributed by atoms with Gasteiger partial charge in [-0.15, -0.1) is 6.42 Å². The van der Waals surface area contributed by atoms with E-state index in [-0.39, 0.29) is 12.1 Å². The van der Waals surface area contributed by atoms with Crippen molar-refractivity contribution in [3.63, 3.8) is 0 Å². The summed E-state index contributed by atoms with van der Waals surface area (Å²) in [6, 6.07) is 0.207. The summed E-state index contributed by atoms with van der Waals surface area (Å²) in [5, 5.41) is 2.91. The highest BCUT2D eigenvalue weighted by Gasteiger charge is 2.27. The second-order valence-corrected chi connectivity index (χ2v) is 6.46. The molecule has 0 atom stereocenters. The number of amides is 1. The molecular weight excluding hydrogens is 324 g/mol. The van der Waals surface area contributed by atoms with Crippen molar-refractivity contribution in [2.24, 2.45) is 0 Å². The van der Waals surface area contributed by atoms with E-state index < -0.39 is 5.60 Å². The van der Waals surface area contributed by atoms with Crippen LogP contribution in [0.5, 0.6) is 6.01 Å². The van der Waals surface area contributed by atoms with Crippen LogP contribution in [0.3, 0.4) is 0 Å². The Bertz CT molecular complexity index is 644. The molecule has 1 aromatic rings. The number of rotatable bonds is 4. The summed E-state index contributed by atoms with van der Waals surface area (Å²) in [6.45, 7) is 8.07. The van der Waals surface area contributed by atoms with Gasteiger partial charge in [0.05, 0.1) is 13.7 Å². The normalized spacial score (nSPS) is 14.7. The lowest BCUT2D eigenvalue weighted by atomic mass is 10.2. The van der Waals surface area contributed by atoms with Crippen LogP contribution in [0.4, 0.5) is 16.7 Å². The van der Waals surface area contributed by atoms with Crippen molar-refractivity contribution in [2.75, 3.05) is 50.1 Å². The molecular formula is C16H24N6O3. The van der Waals surface area contributed by atoms with Crippen LogP contribution in [0.2, 0.25) is 0 Å². The Morgan fingerprint density at radius 2 is 1.92 bits per heavy atom. The van der Waals surface area contributed by atoms with Gasteiger partial charge in [0.2, 0.25) is 11.9 Å².